The van der Waals surface area contributed by atoms with Gasteiger partial charge in [-0.1, -0.05) is 31.0 Å². The molecular formula is C29H39N3O4S. The van der Waals surface area contributed by atoms with Crippen molar-refractivity contribution in [3.8, 4) is 0 Å². The fourth-order valence-electron chi connectivity index (χ4n) is 6.56. The molecule has 1 heterocycles. The number of anilines is 2. The zero-order chi connectivity index (χ0) is 25.8. The molecule has 0 spiro atoms. The molecule has 0 amide bonds. The van der Waals surface area contributed by atoms with Crippen LogP contribution >= 0.6 is 0 Å². The van der Waals surface area contributed by atoms with Crippen molar-refractivity contribution >= 4 is 27.4 Å². The van der Waals surface area contributed by atoms with Crippen molar-refractivity contribution in [2.75, 3.05) is 29.7 Å². The fourth-order valence-corrected chi connectivity index (χ4v) is 7.82. The largest absolute Gasteiger partial charge is 0.478 e. The zero-order valence-corrected chi connectivity index (χ0v) is 22.4. The molecule has 7 nitrogen and oxygen atoms in total. The lowest BCUT2D eigenvalue weighted by molar-refractivity contribution is 0.0696. The van der Waals surface area contributed by atoms with Gasteiger partial charge in [-0.2, -0.15) is 0 Å². The van der Waals surface area contributed by atoms with E-state index in [1.807, 2.05) is 12.1 Å². The molecule has 0 bridgehead atoms. The van der Waals surface area contributed by atoms with Gasteiger partial charge in [-0.25, -0.2) is 13.2 Å². The number of nitrogens with zero attached hydrogens (tertiary/aromatic N) is 1. The number of aromatic carboxylic acids is 1. The lowest BCUT2D eigenvalue weighted by Gasteiger charge is -2.27. The third-order valence-electron chi connectivity index (χ3n) is 8.43. The van der Waals surface area contributed by atoms with E-state index in [1.54, 1.807) is 24.3 Å². The van der Waals surface area contributed by atoms with Crippen LogP contribution in [0, 0.1) is 5.92 Å². The summed E-state index contributed by atoms with van der Waals surface area (Å²) in [5.74, 6) is -0.258. The summed E-state index contributed by atoms with van der Waals surface area (Å²) in [6.07, 6.45) is 12.3. The first-order valence-corrected chi connectivity index (χ1v) is 15.4. The number of para-hydroxylation sites is 1. The van der Waals surface area contributed by atoms with Crippen molar-refractivity contribution in [1.82, 2.24) is 4.90 Å². The summed E-state index contributed by atoms with van der Waals surface area (Å²) in [4.78, 5) is 14.9. The summed E-state index contributed by atoms with van der Waals surface area (Å²) < 4.78 is 29.6. The fraction of sp³-hybridized carbons (Fsp3) is 0.552. The first kappa shape index (κ1) is 26.0. The van der Waals surface area contributed by atoms with Crippen LogP contribution in [0.2, 0.25) is 0 Å². The highest BCUT2D eigenvalue weighted by molar-refractivity contribution is 7.92. The van der Waals surface area contributed by atoms with E-state index in [9.17, 15) is 18.3 Å². The Morgan fingerprint density at radius 3 is 2.54 bits per heavy atom. The maximum absolute atomic E-state index is 13.5. The number of sulfonamides is 1. The summed E-state index contributed by atoms with van der Waals surface area (Å²) in [6, 6.07) is 10.9. The molecule has 1 saturated heterocycles. The molecule has 2 fully saturated rings. The van der Waals surface area contributed by atoms with Gasteiger partial charge in [0, 0.05) is 19.1 Å². The van der Waals surface area contributed by atoms with Crippen molar-refractivity contribution in [2.45, 2.75) is 81.6 Å². The van der Waals surface area contributed by atoms with Crippen LogP contribution in [0.25, 0.3) is 0 Å². The summed E-state index contributed by atoms with van der Waals surface area (Å²) in [5.41, 5.74) is 2.52. The molecule has 3 aliphatic rings. The van der Waals surface area contributed by atoms with E-state index >= 15 is 0 Å². The first-order chi connectivity index (χ1) is 17.9. The third-order valence-corrected chi connectivity index (χ3v) is 9.85. The predicted octanol–water partition coefficient (Wildman–Crippen LogP) is 5.52. The number of rotatable bonds is 10. The molecule has 1 aliphatic heterocycles. The highest BCUT2D eigenvalue weighted by atomic mass is 32.2. The SMILES string of the molecule is O=C(O)c1c(NS(=O)(=O)c2ccccc2NCC[C@@H]2CCCN2CC2CCCC2)ccc2c1CCCC2. The zero-order valence-electron chi connectivity index (χ0n) is 21.5. The quantitative estimate of drug-likeness (QED) is 0.378. The number of hydrogen-bond acceptors (Lipinski definition) is 5. The number of benzene rings is 2. The molecule has 0 unspecified atom stereocenters. The monoisotopic (exact) mass is 525 g/mol. The minimum atomic E-state index is -3.99. The van der Waals surface area contributed by atoms with Gasteiger partial charge in [-0.05, 0) is 99.6 Å². The van der Waals surface area contributed by atoms with Gasteiger partial charge in [0.1, 0.15) is 4.90 Å². The molecule has 0 aromatic heterocycles. The second-order valence-electron chi connectivity index (χ2n) is 10.9. The van der Waals surface area contributed by atoms with Crippen LogP contribution in [-0.2, 0) is 22.9 Å². The third kappa shape index (κ3) is 5.96. The van der Waals surface area contributed by atoms with Crippen molar-refractivity contribution in [3.63, 3.8) is 0 Å². The van der Waals surface area contributed by atoms with Crippen molar-refractivity contribution in [3.05, 3.63) is 53.1 Å². The highest BCUT2D eigenvalue weighted by Gasteiger charge is 2.28. The van der Waals surface area contributed by atoms with Gasteiger partial charge in [0.2, 0.25) is 0 Å². The Morgan fingerprint density at radius 1 is 0.946 bits per heavy atom. The predicted molar refractivity (Wildman–Crippen MR) is 147 cm³/mol. The molecular weight excluding hydrogens is 486 g/mol. The van der Waals surface area contributed by atoms with Crippen molar-refractivity contribution in [1.29, 1.82) is 0 Å². The molecule has 200 valence electrons. The van der Waals surface area contributed by atoms with Gasteiger partial charge in [-0.3, -0.25) is 4.72 Å². The molecule has 37 heavy (non-hydrogen) atoms. The van der Waals surface area contributed by atoms with Crippen LogP contribution in [0.4, 0.5) is 11.4 Å². The lowest BCUT2D eigenvalue weighted by Crippen LogP contribution is -2.34. The Morgan fingerprint density at radius 2 is 1.73 bits per heavy atom. The van der Waals surface area contributed by atoms with Gasteiger partial charge < -0.3 is 15.3 Å². The molecule has 1 saturated carbocycles. The first-order valence-electron chi connectivity index (χ1n) is 13.9. The van der Waals surface area contributed by atoms with Crippen molar-refractivity contribution in [2.24, 2.45) is 5.92 Å². The molecule has 0 radical (unpaired) electrons. The average molecular weight is 526 g/mol. The van der Waals surface area contributed by atoms with Gasteiger partial charge in [0.05, 0.1) is 16.9 Å². The molecule has 2 aromatic carbocycles. The molecule has 2 aromatic rings. The topological polar surface area (TPSA) is 98.7 Å². The number of likely N-dealkylation sites (tertiary alicyclic amines) is 1. The number of hydrogen-bond donors (Lipinski definition) is 3. The van der Waals surface area contributed by atoms with Crippen LogP contribution in [-0.4, -0.2) is 50.1 Å². The molecule has 3 N–H and O–H groups in total. The van der Waals surface area contributed by atoms with Crippen LogP contribution in [0.1, 0.15) is 79.3 Å². The number of fused-ring (bicyclic) bond motifs is 1. The van der Waals surface area contributed by atoms with E-state index in [0.29, 0.717) is 24.7 Å². The number of carboxylic acid groups (broad SMARTS) is 1. The minimum absolute atomic E-state index is 0.0785. The van der Waals surface area contributed by atoms with E-state index < -0.39 is 16.0 Å². The number of carbonyl (C=O) groups is 1. The summed E-state index contributed by atoms with van der Waals surface area (Å²) in [6.45, 7) is 3.06. The van der Waals surface area contributed by atoms with Gasteiger partial charge >= 0.3 is 5.97 Å². The van der Waals surface area contributed by atoms with E-state index in [-0.39, 0.29) is 16.1 Å². The number of nitrogens with one attached hydrogen (secondary N) is 2. The summed E-state index contributed by atoms with van der Waals surface area (Å²) >= 11 is 0. The van der Waals surface area contributed by atoms with Crippen LogP contribution in [0.5, 0.6) is 0 Å². The second-order valence-corrected chi connectivity index (χ2v) is 12.5. The minimum Gasteiger partial charge on any atom is -0.478 e. The summed E-state index contributed by atoms with van der Waals surface area (Å²) in [7, 11) is -3.99. The Bertz CT molecular complexity index is 1220. The molecule has 5 rings (SSSR count). The van der Waals surface area contributed by atoms with E-state index in [2.05, 4.69) is 14.9 Å². The van der Waals surface area contributed by atoms with Crippen LogP contribution in [0.3, 0.4) is 0 Å². The Kier molecular flexibility index (Phi) is 8.05. The Hall–Kier alpha value is -2.58. The highest BCUT2D eigenvalue weighted by Crippen LogP contribution is 2.33. The molecule has 2 aliphatic carbocycles. The number of carboxylic acids is 1. The van der Waals surface area contributed by atoms with E-state index in [1.165, 1.54) is 51.6 Å². The number of aryl methyl sites for hydroxylation is 1. The van der Waals surface area contributed by atoms with Gasteiger partial charge in [-0.15, -0.1) is 0 Å². The molecule has 8 heteroatoms. The van der Waals surface area contributed by atoms with Crippen molar-refractivity contribution < 1.29 is 18.3 Å². The lowest BCUT2D eigenvalue weighted by atomic mass is 9.87. The van der Waals surface area contributed by atoms with E-state index in [4.69, 9.17) is 0 Å². The van der Waals surface area contributed by atoms with E-state index in [0.717, 1.165) is 42.7 Å². The Labute approximate surface area is 220 Å². The van der Waals surface area contributed by atoms with Crippen LogP contribution < -0.4 is 10.0 Å². The average Bonchev–Trinajstić information content (AvgIpc) is 3.56. The van der Waals surface area contributed by atoms with Crippen LogP contribution in [0.15, 0.2) is 41.3 Å². The summed E-state index contributed by atoms with van der Waals surface area (Å²) in [5, 5.41) is 13.3. The maximum Gasteiger partial charge on any atom is 0.338 e. The second kappa shape index (κ2) is 11.4. The van der Waals surface area contributed by atoms with Gasteiger partial charge in [0.25, 0.3) is 10.0 Å². The Balaban J connectivity index is 1.28. The molecule has 1 atom stereocenters. The standard InChI is InChI=1S/C29H39N3O4S/c33-29(34)28-24-12-4-3-10-22(24)15-16-26(28)31-37(35,36)27-14-6-5-13-25(27)30-18-17-23-11-7-19-32(23)20-21-8-1-2-9-21/h5-6,13-16,21,23,30-31H,1-4,7-12,17-20H2,(H,33,34)/t23-/m0/s1. The normalized spacial score (nSPS) is 20.6. The smallest absolute Gasteiger partial charge is 0.338 e. The van der Waals surface area contributed by atoms with Gasteiger partial charge in [0.15, 0.2) is 0 Å². The maximum atomic E-state index is 13.5.